The monoisotopic (exact) mass is 388 g/mol. The first-order chi connectivity index (χ1) is 13.5. The molecule has 0 spiro atoms. The van der Waals surface area contributed by atoms with Crippen LogP contribution in [0.4, 0.5) is 14.5 Å². The van der Waals surface area contributed by atoms with E-state index < -0.39 is 18.5 Å². The smallest absolute Gasteiger partial charge is 0.387 e. The van der Waals surface area contributed by atoms with Gasteiger partial charge in [0.2, 0.25) is 5.82 Å². The number of para-hydroxylation sites is 1. The number of esters is 1. The second kappa shape index (κ2) is 8.25. The van der Waals surface area contributed by atoms with Crippen LogP contribution in [-0.2, 0) is 4.74 Å². The normalized spacial score (nSPS) is 10.6. The maximum Gasteiger partial charge on any atom is 0.387 e. The molecule has 8 nitrogen and oxygen atoms in total. The van der Waals surface area contributed by atoms with E-state index in [2.05, 4.69) is 24.9 Å². The lowest BCUT2D eigenvalue weighted by Gasteiger charge is -2.08. The van der Waals surface area contributed by atoms with Gasteiger partial charge in [0.15, 0.2) is 0 Å². The maximum absolute atomic E-state index is 12.4. The Morgan fingerprint density at radius 1 is 1.11 bits per heavy atom. The minimum atomic E-state index is -2.92. The summed E-state index contributed by atoms with van der Waals surface area (Å²) >= 11 is 0. The molecule has 10 heteroatoms. The molecule has 144 valence electrons. The second-order valence-electron chi connectivity index (χ2n) is 5.38. The Morgan fingerprint density at radius 3 is 2.50 bits per heavy atom. The number of benzene rings is 2. The summed E-state index contributed by atoms with van der Waals surface area (Å²) < 4.78 is 34.6. The molecule has 0 aliphatic rings. The zero-order valence-electron chi connectivity index (χ0n) is 14.5. The molecule has 1 amide bonds. The molecule has 0 fully saturated rings. The van der Waals surface area contributed by atoms with E-state index in [1.807, 2.05) is 0 Å². The van der Waals surface area contributed by atoms with Crippen LogP contribution in [0.25, 0.3) is 5.69 Å². The Morgan fingerprint density at radius 2 is 1.82 bits per heavy atom. The van der Waals surface area contributed by atoms with Crippen LogP contribution in [0.5, 0.6) is 5.75 Å². The lowest BCUT2D eigenvalue weighted by atomic mass is 10.2. The van der Waals surface area contributed by atoms with Gasteiger partial charge in [-0.2, -0.15) is 8.78 Å². The van der Waals surface area contributed by atoms with E-state index >= 15 is 0 Å². The topological polar surface area (TPSA) is 95.3 Å². The van der Waals surface area contributed by atoms with Crippen molar-refractivity contribution in [2.24, 2.45) is 0 Å². The van der Waals surface area contributed by atoms with E-state index in [0.29, 0.717) is 5.69 Å². The van der Waals surface area contributed by atoms with Crippen LogP contribution in [0.2, 0.25) is 0 Å². The number of anilines is 1. The largest absolute Gasteiger partial charge is 0.465 e. The Kier molecular flexibility index (Phi) is 5.58. The summed E-state index contributed by atoms with van der Waals surface area (Å²) in [6.45, 7) is -2.92. The van der Waals surface area contributed by atoms with Crippen LogP contribution in [0.15, 0.2) is 54.9 Å². The van der Waals surface area contributed by atoms with E-state index in [0.717, 1.165) is 0 Å². The van der Waals surface area contributed by atoms with Crippen molar-refractivity contribution in [3.05, 3.63) is 66.2 Å². The Labute approximate surface area is 157 Å². The van der Waals surface area contributed by atoms with Gasteiger partial charge in [-0.1, -0.05) is 12.1 Å². The highest BCUT2D eigenvalue weighted by Gasteiger charge is 2.17. The zero-order chi connectivity index (χ0) is 20.1. The van der Waals surface area contributed by atoms with E-state index in [1.54, 1.807) is 18.2 Å². The van der Waals surface area contributed by atoms with Crippen LogP contribution in [-0.4, -0.2) is 40.4 Å². The highest BCUT2D eigenvalue weighted by molar-refractivity contribution is 6.06. The molecule has 0 unspecified atom stereocenters. The van der Waals surface area contributed by atoms with Crippen LogP contribution < -0.4 is 10.1 Å². The number of rotatable bonds is 6. The molecule has 0 aliphatic carbocycles. The third kappa shape index (κ3) is 4.29. The van der Waals surface area contributed by atoms with Gasteiger partial charge in [-0.25, -0.2) is 14.5 Å². The standard InChI is InChI=1S/C18H14F2N4O4/c1-27-17(26)13-4-2-3-5-14(13)22-16(25)15-21-10-24(23-15)11-6-8-12(9-7-11)28-18(19)20/h2-10,18H,1H3,(H,22,25). The predicted octanol–water partition coefficient (Wildman–Crippen LogP) is 2.91. The van der Waals surface area contributed by atoms with Crippen LogP contribution in [0.3, 0.4) is 0 Å². The van der Waals surface area contributed by atoms with Crippen molar-refractivity contribution >= 4 is 17.6 Å². The number of halogens is 2. The third-order valence-electron chi connectivity index (χ3n) is 3.60. The molecule has 0 radical (unpaired) electrons. The van der Waals surface area contributed by atoms with E-state index in [-0.39, 0.29) is 22.8 Å². The molecule has 3 rings (SSSR count). The van der Waals surface area contributed by atoms with Crippen LogP contribution in [0, 0.1) is 0 Å². The summed E-state index contributed by atoms with van der Waals surface area (Å²) in [6.07, 6.45) is 1.30. The number of hydrogen-bond acceptors (Lipinski definition) is 6. The highest BCUT2D eigenvalue weighted by Crippen LogP contribution is 2.18. The van der Waals surface area contributed by atoms with Crippen molar-refractivity contribution in [1.82, 2.24) is 14.8 Å². The molecular weight excluding hydrogens is 374 g/mol. The molecule has 1 aromatic heterocycles. The summed E-state index contributed by atoms with van der Waals surface area (Å²) in [6, 6.07) is 12.0. The summed E-state index contributed by atoms with van der Waals surface area (Å²) in [4.78, 5) is 28.1. The Hall–Kier alpha value is -3.82. The quantitative estimate of drug-likeness (QED) is 0.653. The fourth-order valence-electron chi connectivity index (χ4n) is 2.33. The molecule has 0 aliphatic heterocycles. The van der Waals surface area contributed by atoms with E-state index in [1.165, 1.54) is 48.5 Å². The highest BCUT2D eigenvalue weighted by atomic mass is 19.3. The van der Waals surface area contributed by atoms with E-state index in [9.17, 15) is 18.4 Å². The summed E-state index contributed by atoms with van der Waals surface area (Å²) in [5.41, 5.74) is 0.930. The number of carbonyl (C=O) groups is 2. The van der Waals surface area contributed by atoms with Gasteiger partial charge in [0.25, 0.3) is 5.91 Å². The average Bonchev–Trinajstić information content (AvgIpc) is 3.18. The second-order valence-corrected chi connectivity index (χ2v) is 5.38. The molecule has 0 saturated carbocycles. The Balaban J connectivity index is 1.75. The van der Waals surface area contributed by atoms with Crippen molar-refractivity contribution in [2.45, 2.75) is 6.61 Å². The number of carbonyl (C=O) groups excluding carboxylic acids is 2. The maximum atomic E-state index is 12.4. The molecule has 0 atom stereocenters. The average molecular weight is 388 g/mol. The molecule has 0 bridgehead atoms. The van der Waals surface area contributed by atoms with Crippen molar-refractivity contribution < 1.29 is 27.8 Å². The number of amides is 1. The molecule has 1 N–H and O–H groups in total. The Bertz CT molecular complexity index is 989. The molecule has 28 heavy (non-hydrogen) atoms. The fraction of sp³-hybridized carbons (Fsp3) is 0.111. The zero-order valence-corrected chi connectivity index (χ0v) is 14.5. The lowest BCUT2D eigenvalue weighted by Crippen LogP contribution is -2.17. The summed E-state index contributed by atoms with van der Waals surface area (Å²) in [7, 11) is 1.24. The van der Waals surface area contributed by atoms with Gasteiger partial charge in [0.05, 0.1) is 24.0 Å². The van der Waals surface area contributed by atoms with Gasteiger partial charge in [0.1, 0.15) is 12.1 Å². The molecule has 3 aromatic rings. The number of nitrogens with one attached hydrogen (secondary N) is 1. The van der Waals surface area contributed by atoms with Gasteiger partial charge in [-0.3, -0.25) is 4.79 Å². The number of hydrogen-bond donors (Lipinski definition) is 1. The van der Waals surface area contributed by atoms with Gasteiger partial charge in [-0.05, 0) is 36.4 Å². The minimum absolute atomic E-state index is 0.00347. The predicted molar refractivity (Wildman–Crippen MR) is 93.7 cm³/mol. The molecule has 0 saturated heterocycles. The first kappa shape index (κ1) is 19.0. The lowest BCUT2D eigenvalue weighted by molar-refractivity contribution is -0.0498. The first-order valence-electron chi connectivity index (χ1n) is 7.93. The first-order valence-corrected chi connectivity index (χ1v) is 7.93. The van der Waals surface area contributed by atoms with Crippen molar-refractivity contribution in [1.29, 1.82) is 0 Å². The van der Waals surface area contributed by atoms with Crippen molar-refractivity contribution in [2.75, 3.05) is 12.4 Å². The van der Waals surface area contributed by atoms with Crippen molar-refractivity contribution in [3.8, 4) is 11.4 Å². The number of alkyl halides is 2. The molecule has 2 aromatic carbocycles. The SMILES string of the molecule is COC(=O)c1ccccc1NC(=O)c1ncn(-c2ccc(OC(F)F)cc2)n1. The number of methoxy groups -OCH3 is 1. The van der Waals surface area contributed by atoms with Crippen LogP contribution in [0.1, 0.15) is 21.0 Å². The fourth-order valence-corrected chi connectivity index (χ4v) is 2.33. The molecular formula is C18H14F2N4O4. The number of nitrogens with zero attached hydrogens (tertiary/aromatic N) is 3. The number of ether oxygens (including phenoxy) is 2. The molecule has 1 heterocycles. The minimum Gasteiger partial charge on any atom is -0.465 e. The van der Waals surface area contributed by atoms with Gasteiger partial charge < -0.3 is 14.8 Å². The van der Waals surface area contributed by atoms with Crippen molar-refractivity contribution in [3.63, 3.8) is 0 Å². The van der Waals surface area contributed by atoms with Gasteiger partial charge >= 0.3 is 12.6 Å². The summed E-state index contributed by atoms with van der Waals surface area (Å²) in [5.74, 6) is -1.38. The number of aromatic nitrogens is 3. The van der Waals surface area contributed by atoms with Crippen LogP contribution >= 0.6 is 0 Å². The third-order valence-corrected chi connectivity index (χ3v) is 3.60. The summed E-state index contributed by atoms with van der Waals surface area (Å²) in [5, 5.41) is 6.61. The van der Waals surface area contributed by atoms with Gasteiger partial charge in [0, 0.05) is 0 Å². The van der Waals surface area contributed by atoms with Gasteiger partial charge in [-0.15, -0.1) is 5.10 Å². The van der Waals surface area contributed by atoms with E-state index in [4.69, 9.17) is 0 Å².